The van der Waals surface area contributed by atoms with Gasteiger partial charge in [-0.3, -0.25) is 4.90 Å². The molecule has 1 aromatic carbocycles. The number of rotatable bonds is 5. The van der Waals surface area contributed by atoms with Gasteiger partial charge in [-0.15, -0.1) is 0 Å². The second-order valence-electron chi connectivity index (χ2n) is 10.7. The summed E-state index contributed by atoms with van der Waals surface area (Å²) >= 11 is 0. The quantitative estimate of drug-likeness (QED) is 0.598. The summed E-state index contributed by atoms with van der Waals surface area (Å²) in [5.41, 5.74) is 1.34. The number of carbonyl (C=O) groups excluding carboxylic acids is 1. The van der Waals surface area contributed by atoms with Gasteiger partial charge in [0.2, 0.25) is 5.95 Å². The Morgan fingerprint density at radius 3 is 2.33 bits per heavy atom. The number of benzene rings is 1. The van der Waals surface area contributed by atoms with Crippen molar-refractivity contribution in [2.45, 2.75) is 56.3 Å². The van der Waals surface area contributed by atoms with E-state index >= 15 is 0 Å². The normalized spacial score (nSPS) is 24.3. The number of hydrogen-bond acceptors (Lipinski definition) is 8. The summed E-state index contributed by atoms with van der Waals surface area (Å²) in [6, 6.07) is 6.49. The van der Waals surface area contributed by atoms with E-state index in [1.54, 1.807) is 4.90 Å². The number of anilines is 1. The zero-order valence-corrected chi connectivity index (χ0v) is 21.6. The van der Waals surface area contributed by atoms with Gasteiger partial charge in [0.15, 0.2) is 9.84 Å². The van der Waals surface area contributed by atoms with Crippen LogP contribution in [0.3, 0.4) is 0 Å². The van der Waals surface area contributed by atoms with Crippen LogP contribution in [0.25, 0.3) is 0 Å². The first-order chi connectivity index (χ1) is 17.0. The van der Waals surface area contributed by atoms with Crippen molar-refractivity contribution in [3.63, 3.8) is 0 Å². The average Bonchev–Trinajstić information content (AvgIpc) is 2.78. The lowest BCUT2D eigenvalue weighted by atomic mass is 9.61. The van der Waals surface area contributed by atoms with E-state index in [2.05, 4.69) is 14.9 Å². The first-order valence-corrected chi connectivity index (χ1v) is 14.1. The Balaban J connectivity index is 1.09. The first kappa shape index (κ1) is 24.9. The maximum Gasteiger partial charge on any atom is 0.410 e. The Hall–Kier alpha value is -2.79. The molecule has 3 aliphatic rings. The SMILES string of the molecule is C[C@@H]1CN(c2ncc(S(C)(=O)=O)cn2)[C@@H](C)CN1C(=O)OC1CC2(C1)CN(Cc1ccc(F)cc1)C2. The Labute approximate surface area is 211 Å². The minimum atomic E-state index is -3.36. The number of likely N-dealkylation sites (tertiary alicyclic amines) is 1. The predicted molar refractivity (Wildman–Crippen MR) is 132 cm³/mol. The molecule has 1 amide bonds. The summed E-state index contributed by atoms with van der Waals surface area (Å²) in [5.74, 6) is 0.232. The fourth-order valence-corrected chi connectivity index (χ4v) is 6.12. The van der Waals surface area contributed by atoms with Crippen LogP contribution in [-0.4, -0.2) is 84.9 Å². The third kappa shape index (κ3) is 5.04. The molecule has 2 aromatic rings. The van der Waals surface area contributed by atoms with E-state index in [1.807, 2.05) is 30.9 Å². The molecule has 2 atom stereocenters. The molecular formula is C25H32FN5O4S. The molecule has 1 spiro atoms. The van der Waals surface area contributed by atoms with E-state index in [0.29, 0.717) is 19.0 Å². The fraction of sp³-hybridized carbons (Fsp3) is 0.560. The second-order valence-corrected chi connectivity index (χ2v) is 12.7. The highest BCUT2D eigenvalue weighted by molar-refractivity contribution is 7.90. The molecule has 36 heavy (non-hydrogen) atoms. The summed E-state index contributed by atoms with van der Waals surface area (Å²) in [5, 5.41) is 0. The number of amides is 1. The minimum Gasteiger partial charge on any atom is -0.446 e. The zero-order chi connectivity index (χ0) is 25.7. The van der Waals surface area contributed by atoms with Gasteiger partial charge in [-0.05, 0) is 44.4 Å². The maximum atomic E-state index is 13.1. The largest absolute Gasteiger partial charge is 0.446 e. The summed E-state index contributed by atoms with van der Waals surface area (Å²) in [6.07, 6.45) is 5.18. The average molecular weight is 518 g/mol. The van der Waals surface area contributed by atoms with E-state index in [4.69, 9.17) is 4.74 Å². The van der Waals surface area contributed by atoms with Crippen LogP contribution in [0.5, 0.6) is 0 Å². The topological polar surface area (TPSA) is 95.9 Å². The highest BCUT2D eigenvalue weighted by atomic mass is 32.2. The molecule has 2 aliphatic heterocycles. The number of piperazine rings is 1. The zero-order valence-electron chi connectivity index (χ0n) is 20.8. The molecule has 3 heterocycles. The standard InChI is InChI=1S/C25H32FN5O4S/c1-17-13-31(18(2)12-30(17)23-27-10-22(11-28-23)36(3,33)34)24(32)35-21-8-25(9-21)15-29(16-25)14-19-4-6-20(26)7-5-19/h4-7,10-11,17-18,21H,8-9,12-16H2,1-3H3/t17-,18+/m0/s1. The van der Waals surface area contributed by atoms with Crippen LogP contribution in [0.15, 0.2) is 41.6 Å². The van der Waals surface area contributed by atoms with Gasteiger partial charge in [0, 0.05) is 56.5 Å². The van der Waals surface area contributed by atoms with E-state index in [9.17, 15) is 17.6 Å². The van der Waals surface area contributed by atoms with Crippen molar-refractivity contribution in [2.75, 3.05) is 37.3 Å². The Morgan fingerprint density at radius 2 is 1.72 bits per heavy atom. The first-order valence-electron chi connectivity index (χ1n) is 12.2. The second kappa shape index (κ2) is 9.26. The molecule has 194 valence electrons. The number of carbonyl (C=O) groups is 1. The van der Waals surface area contributed by atoms with Crippen LogP contribution < -0.4 is 4.90 Å². The third-order valence-corrected chi connectivity index (χ3v) is 8.61. The Kier molecular flexibility index (Phi) is 6.40. The van der Waals surface area contributed by atoms with Crippen molar-refractivity contribution in [1.29, 1.82) is 0 Å². The van der Waals surface area contributed by atoms with Crippen molar-refractivity contribution >= 4 is 21.9 Å². The molecule has 1 saturated carbocycles. The molecular weight excluding hydrogens is 485 g/mol. The molecule has 2 saturated heterocycles. The highest BCUT2D eigenvalue weighted by Crippen LogP contribution is 2.50. The van der Waals surface area contributed by atoms with Crippen molar-refractivity contribution < 1.29 is 22.3 Å². The Morgan fingerprint density at radius 1 is 1.08 bits per heavy atom. The summed E-state index contributed by atoms with van der Waals surface area (Å²) in [7, 11) is -3.36. The minimum absolute atomic E-state index is 0.0442. The van der Waals surface area contributed by atoms with E-state index in [-0.39, 0.29) is 40.4 Å². The van der Waals surface area contributed by atoms with Gasteiger partial charge in [-0.1, -0.05) is 12.1 Å². The lowest BCUT2D eigenvalue weighted by Crippen LogP contribution is -2.64. The third-order valence-electron chi connectivity index (χ3n) is 7.55. The van der Waals surface area contributed by atoms with Crippen LogP contribution in [0, 0.1) is 11.2 Å². The molecule has 0 radical (unpaired) electrons. The summed E-state index contributed by atoms with van der Waals surface area (Å²) in [4.78, 5) is 27.6. The van der Waals surface area contributed by atoms with Gasteiger partial charge >= 0.3 is 6.09 Å². The number of sulfone groups is 1. The number of halogens is 1. The van der Waals surface area contributed by atoms with Gasteiger partial charge < -0.3 is 14.5 Å². The van der Waals surface area contributed by atoms with Gasteiger partial charge in [0.25, 0.3) is 0 Å². The van der Waals surface area contributed by atoms with Crippen LogP contribution in [0.2, 0.25) is 0 Å². The van der Waals surface area contributed by atoms with Crippen LogP contribution in [-0.2, 0) is 21.1 Å². The molecule has 1 aromatic heterocycles. The van der Waals surface area contributed by atoms with Gasteiger partial charge in [-0.25, -0.2) is 27.6 Å². The number of ether oxygens (including phenoxy) is 1. The highest BCUT2D eigenvalue weighted by Gasteiger charge is 2.54. The molecule has 0 bridgehead atoms. The number of aromatic nitrogens is 2. The van der Waals surface area contributed by atoms with Crippen molar-refractivity contribution in [1.82, 2.24) is 19.8 Å². The molecule has 0 N–H and O–H groups in total. The predicted octanol–water partition coefficient (Wildman–Crippen LogP) is 2.72. The molecule has 3 fully saturated rings. The van der Waals surface area contributed by atoms with Crippen LogP contribution >= 0.6 is 0 Å². The van der Waals surface area contributed by atoms with Crippen LogP contribution in [0.4, 0.5) is 15.1 Å². The molecule has 5 rings (SSSR count). The molecule has 11 heteroatoms. The Bertz CT molecular complexity index is 1210. The molecule has 1 aliphatic carbocycles. The number of nitrogens with zero attached hydrogens (tertiary/aromatic N) is 5. The van der Waals surface area contributed by atoms with Gasteiger partial charge in [0.1, 0.15) is 16.8 Å². The lowest BCUT2D eigenvalue weighted by molar-refractivity contribution is -0.137. The van der Waals surface area contributed by atoms with Crippen molar-refractivity contribution in [3.05, 3.63) is 48.0 Å². The van der Waals surface area contributed by atoms with Gasteiger partial charge in [-0.2, -0.15) is 0 Å². The van der Waals surface area contributed by atoms with E-state index < -0.39 is 9.84 Å². The molecule has 0 unspecified atom stereocenters. The smallest absolute Gasteiger partial charge is 0.410 e. The van der Waals surface area contributed by atoms with E-state index in [1.165, 1.54) is 24.5 Å². The van der Waals surface area contributed by atoms with E-state index in [0.717, 1.165) is 44.3 Å². The van der Waals surface area contributed by atoms with Crippen molar-refractivity contribution in [2.24, 2.45) is 5.41 Å². The lowest BCUT2D eigenvalue weighted by Gasteiger charge is -2.58. The summed E-state index contributed by atoms with van der Waals surface area (Å²) < 4.78 is 42.3. The van der Waals surface area contributed by atoms with Crippen molar-refractivity contribution in [3.8, 4) is 0 Å². The monoisotopic (exact) mass is 517 g/mol. The number of hydrogen-bond donors (Lipinski definition) is 0. The molecule has 9 nitrogen and oxygen atoms in total. The fourth-order valence-electron chi connectivity index (χ4n) is 5.63. The maximum absolute atomic E-state index is 13.1. The van der Waals surface area contributed by atoms with Gasteiger partial charge in [0.05, 0.1) is 12.4 Å². The van der Waals surface area contributed by atoms with Crippen LogP contribution in [0.1, 0.15) is 32.3 Å². The summed E-state index contributed by atoms with van der Waals surface area (Å²) in [6.45, 7) is 7.72.